The number of amides is 1. The third-order valence-corrected chi connectivity index (χ3v) is 6.62. The van der Waals surface area contributed by atoms with E-state index in [2.05, 4.69) is 21.8 Å². The Balaban J connectivity index is 1.38. The Morgan fingerprint density at radius 3 is 2.65 bits per heavy atom. The van der Waals surface area contributed by atoms with Crippen LogP contribution in [0.25, 0.3) is 22.2 Å². The molecule has 1 aromatic carbocycles. The van der Waals surface area contributed by atoms with Crippen LogP contribution in [0.4, 0.5) is 0 Å². The maximum Gasteiger partial charge on any atom is 0.254 e. The largest absolute Gasteiger partial charge is 0.336 e. The molecule has 6 heteroatoms. The number of fused-ring (bicyclic) bond motifs is 1. The highest BCUT2D eigenvalue weighted by Gasteiger charge is 2.29. The van der Waals surface area contributed by atoms with Gasteiger partial charge in [0.05, 0.1) is 16.8 Å². The Kier molecular flexibility index (Phi) is 5.66. The highest BCUT2D eigenvalue weighted by molar-refractivity contribution is 6.07. The molecule has 31 heavy (non-hydrogen) atoms. The number of para-hydroxylation sites is 1. The van der Waals surface area contributed by atoms with Gasteiger partial charge in [0.2, 0.25) is 0 Å². The molecule has 0 saturated carbocycles. The van der Waals surface area contributed by atoms with Crippen molar-refractivity contribution < 1.29 is 4.79 Å². The lowest BCUT2D eigenvalue weighted by molar-refractivity contribution is 0.0453. The second-order valence-corrected chi connectivity index (χ2v) is 8.70. The van der Waals surface area contributed by atoms with Gasteiger partial charge in [-0.2, -0.15) is 0 Å². The van der Waals surface area contributed by atoms with Crippen LogP contribution >= 0.6 is 0 Å². The Morgan fingerprint density at radius 1 is 1.03 bits per heavy atom. The van der Waals surface area contributed by atoms with Crippen LogP contribution in [0.2, 0.25) is 0 Å². The van der Waals surface area contributed by atoms with Crippen molar-refractivity contribution in [2.24, 2.45) is 0 Å². The number of likely N-dealkylation sites (N-methyl/N-ethyl adjacent to an activating group) is 1. The van der Waals surface area contributed by atoms with Gasteiger partial charge in [-0.15, -0.1) is 0 Å². The lowest BCUT2D eigenvalue weighted by Gasteiger charge is -2.42. The molecule has 160 valence electrons. The molecule has 4 heterocycles. The van der Waals surface area contributed by atoms with Crippen molar-refractivity contribution in [3.05, 3.63) is 60.4 Å². The summed E-state index contributed by atoms with van der Waals surface area (Å²) in [6.45, 7) is 5.78. The molecule has 0 radical (unpaired) electrons. The molecule has 5 rings (SSSR count). The maximum absolute atomic E-state index is 13.6. The second kappa shape index (κ2) is 8.73. The minimum Gasteiger partial charge on any atom is -0.336 e. The molecule has 2 saturated heterocycles. The SMILES string of the molecule is CN1CCCC(N2CCN(C(=O)c3cc(-c4cccnc4)nc4ccccc34)CC2)C1. The van der Waals surface area contributed by atoms with Crippen molar-refractivity contribution in [3.8, 4) is 11.3 Å². The molecule has 2 aliphatic rings. The van der Waals surface area contributed by atoms with Gasteiger partial charge >= 0.3 is 0 Å². The number of likely N-dealkylation sites (tertiary alicyclic amines) is 1. The van der Waals surface area contributed by atoms with Crippen molar-refractivity contribution in [2.75, 3.05) is 46.3 Å². The normalized spacial score (nSPS) is 20.8. The van der Waals surface area contributed by atoms with Crippen molar-refractivity contribution in [2.45, 2.75) is 18.9 Å². The molecule has 3 aromatic rings. The van der Waals surface area contributed by atoms with Crippen molar-refractivity contribution >= 4 is 16.8 Å². The summed E-state index contributed by atoms with van der Waals surface area (Å²) in [5.41, 5.74) is 3.29. The predicted octanol–water partition coefficient (Wildman–Crippen LogP) is 3.15. The van der Waals surface area contributed by atoms with Crippen LogP contribution < -0.4 is 0 Å². The van der Waals surface area contributed by atoms with Gasteiger partial charge < -0.3 is 9.80 Å². The first-order valence-corrected chi connectivity index (χ1v) is 11.2. The number of hydrogen-bond acceptors (Lipinski definition) is 5. The van der Waals surface area contributed by atoms with E-state index in [-0.39, 0.29) is 5.91 Å². The van der Waals surface area contributed by atoms with Gasteiger partial charge in [0.25, 0.3) is 5.91 Å². The summed E-state index contributed by atoms with van der Waals surface area (Å²) in [5.74, 6) is 0.101. The Morgan fingerprint density at radius 2 is 1.87 bits per heavy atom. The standard InChI is InChI=1S/C25H29N5O/c1-28-11-5-7-20(18-28)29-12-14-30(15-13-29)25(31)22-16-24(19-6-4-10-26-17-19)27-23-9-3-2-8-21(22)23/h2-4,6,8-10,16-17,20H,5,7,11-15,18H2,1H3. The molecule has 1 unspecified atom stereocenters. The first-order valence-electron chi connectivity index (χ1n) is 11.2. The average Bonchev–Trinajstić information content (AvgIpc) is 2.83. The van der Waals surface area contributed by atoms with Gasteiger partial charge in [-0.05, 0) is 50.7 Å². The van der Waals surface area contributed by atoms with Gasteiger partial charge in [-0.25, -0.2) is 4.98 Å². The second-order valence-electron chi connectivity index (χ2n) is 8.70. The van der Waals surface area contributed by atoms with E-state index < -0.39 is 0 Å². The summed E-state index contributed by atoms with van der Waals surface area (Å²) < 4.78 is 0. The Bertz CT molecular complexity index is 1060. The summed E-state index contributed by atoms with van der Waals surface area (Å²) in [5, 5.41) is 0.913. The summed E-state index contributed by atoms with van der Waals surface area (Å²) in [6.07, 6.45) is 6.08. The summed E-state index contributed by atoms with van der Waals surface area (Å²) in [7, 11) is 2.21. The zero-order valence-electron chi connectivity index (χ0n) is 18.1. The van der Waals surface area contributed by atoms with Crippen LogP contribution in [0.1, 0.15) is 23.2 Å². The molecule has 0 bridgehead atoms. The van der Waals surface area contributed by atoms with Crippen molar-refractivity contribution in [1.82, 2.24) is 24.7 Å². The fourth-order valence-electron chi connectivity index (χ4n) is 4.91. The molecule has 2 aromatic heterocycles. The summed E-state index contributed by atoms with van der Waals surface area (Å²) in [4.78, 5) is 29.6. The number of carbonyl (C=O) groups is 1. The topological polar surface area (TPSA) is 52.6 Å². The highest BCUT2D eigenvalue weighted by Crippen LogP contribution is 2.26. The van der Waals surface area contributed by atoms with Gasteiger partial charge in [-0.1, -0.05) is 18.2 Å². The number of carbonyl (C=O) groups excluding carboxylic acids is 1. The van der Waals surface area contributed by atoms with E-state index in [0.29, 0.717) is 6.04 Å². The van der Waals surface area contributed by atoms with Gasteiger partial charge in [-0.3, -0.25) is 14.7 Å². The zero-order chi connectivity index (χ0) is 21.2. The van der Waals surface area contributed by atoms with Crippen LogP contribution in [0.3, 0.4) is 0 Å². The highest BCUT2D eigenvalue weighted by atomic mass is 16.2. The number of piperidine rings is 1. The molecule has 1 amide bonds. The van der Waals surface area contributed by atoms with Crippen LogP contribution in [-0.2, 0) is 0 Å². The quantitative estimate of drug-likeness (QED) is 0.658. The Labute approximate surface area is 183 Å². The van der Waals surface area contributed by atoms with Crippen molar-refractivity contribution in [1.29, 1.82) is 0 Å². The Hall–Kier alpha value is -2.83. The molecule has 2 fully saturated rings. The number of aromatic nitrogens is 2. The predicted molar refractivity (Wildman–Crippen MR) is 123 cm³/mol. The van der Waals surface area contributed by atoms with Crippen molar-refractivity contribution in [3.63, 3.8) is 0 Å². The molecular formula is C25H29N5O. The van der Waals surface area contributed by atoms with Crippen LogP contribution in [0, 0.1) is 0 Å². The lowest BCUT2D eigenvalue weighted by atomic mass is 10.0. The number of nitrogens with zero attached hydrogens (tertiary/aromatic N) is 5. The van der Waals surface area contributed by atoms with E-state index in [1.165, 1.54) is 19.4 Å². The fourth-order valence-corrected chi connectivity index (χ4v) is 4.91. The maximum atomic E-state index is 13.6. The van der Waals surface area contributed by atoms with Gasteiger partial charge in [0.1, 0.15) is 0 Å². The first kappa shape index (κ1) is 20.1. The molecule has 2 aliphatic heterocycles. The number of benzene rings is 1. The van der Waals surface area contributed by atoms with Gasteiger partial charge in [0, 0.05) is 62.1 Å². The van der Waals surface area contributed by atoms with Gasteiger partial charge in [0.15, 0.2) is 0 Å². The molecule has 0 aliphatic carbocycles. The molecular weight excluding hydrogens is 386 g/mol. The zero-order valence-corrected chi connectivity index (χ0v) is 18.1. The van der Waals surface area contributed by atoms with Crippen LogP contribution in [0.15, 0.2) is 54.9 Å². The summed E-state index contributed by atoms with van der Waals surface area (Å²) >= 11 is 0. The van der Waals surface area contributed by atoms with E-state index in [4.69, 9.17) is 4.98 Å². The third-order valence-electron chi connectivity index (χ3n) is 6.62. The smallest absolute Gasteiger partial charge is 0.254 e. The summed E-state index contributed by atoms with van der Waals surface area (Å²) in [6, 6.07) is 14.4. The van der Waals surface area contributed by atoms with E-state index in [0.717, 1.165) is 60.4 Å². The number of hydrogen-bond donors (Lipinski definition) is 0. The van der Waals surface area contributed by atoms with E-state index in [9.17, 15) is 4.79 Å². The number of pyridine rings is 2. The minimum absolute atomic E-state index is 0.101. The van der Waals surface area contributed by atoms with E-state index >= 15 is 0 Å². The molecule has 1 atom stereocenters. The minimum atomic E-state index is 0.101. The van der Waals surface area contributed by atoms with E-state index in [1.807, 2.05) is 47.4 Å². The van der Waals surface area contributed by atoms with Crippen LogP contribution in [-0.4, -0.2) is 82.9 Å². The molecule has 0 spiro atoms. The van der Waals surface area contributed by atoms with E-state index in [1.54, 1.807) is 12.4 Å². The third kappa shape index (κ3) is 4.18. The molecule has 0 N–H and O–H groups in total. The molecule has 6 nitrogen and oxygen atoms in total. The lowest BCUT2D eigenvalue weighted by Crippen LogP contribution is -2.55. The first-order chi connectivity index (χ1) is 15.2. The fraction of sp³-hybridized carbons (Fsp3) is 0.400. The monoisotopic (exact) mass is 415 g/mol. The number of rotatable bonds is 3. The average molecular weight is 416 g/mol. The number of piperazine rings is 1. The van der Waals surface area contributed by atoms with Crippen LogP contribution in [0.5, 0.6) is 0 Å².